The molecule has 0 saturated carbocycles. The molecule has 1 N–H and O–H groups in total. The molecule has 0 aliphatic carbocycles. The topological polar surface area (TPSA) is 81.9 Å². The maximum atomic E-state index is 14.9. The number of carbonyl (C=O) groups is 2. The highest BCUT2D eigenvalue weighted by Gasteiger charge is 2.42. The molecule has 0 unspecified atom stereocenters. The molecular formula is C24H23F2N3O4S. The van der Waals surface area contributed by atoms with E-state index in [4.69, 9.17) is 9.47 Å². The summed E-state index contributed by atoms with van der Waals surface area (Å²) in [6.45, 7) is 6.91. The van der Waals surface area contributed by atoms with Gasteiger partial charge in [0.1, 0.15) is 17.3 Å². The molecule has 1 aromatic carbocycles. The number of dihydropyridines is 1. The lowest BCUT2D eigenvalue weighted by molar-refractivity contribution is -0.139. The summed E-state index contributed by atoms with van der Waals surface area (Å²) in [6, 6.07) is 3.54. The first kappa shape index (κ1) is 23.6. The Bertz CT molecular complexity index is 1300. The molecule has 3 aromatic rings. The van der Waals surface area contributed by atoms with Crippen LogP contribution in [0.25, 0.3) is 16.2 Å². The SMILES string of the molecule is CCOC(=O)C1=C(C)NC(C)=C(C(=O)OCC)C1c1c(-c2c(F)cccc2F)nc2sccn12. The van der Waals surface area contributed by atoms with E-state index in [1.165, 1.54) is 17.4 Å². The second kappa shape index (κ2) is 9.38. The molecule has 4 rings (SSSR count). The van der Waals surface area contributed by atoms with Crippen LogP contribution in [0, 0.1) is 11.6 Å². The van der Waals surface area contributed by atoms with Crippen molar-refractivity contribution < 1.29 is 27.8 Å². The predicted octanol–water partition coefficient (Wildman–Crippen LogP) is 4.70. The molecule has 0 amide bonds. The van der Waals surface area contributed by atoms with Crippen LogP contribution < -0.4 is 5.32 Å². The molecule has 0 fully saturated rings. The van der Waals surface area contributed by atoms with Crippen molar-refractivity contribution in [2.24, 2.45) is 0 Å². The third kappa shape index (κ3) is 3.87. The maximum Gasteiger partial charge on any atom is 0.336 e. The lowest BCUT2D eigenvalue weighted by Crippen LogP contribution is -2.33. The first-order valence-corrected chi connectivity index (χ1v) is 11.6. The summed E-state index contributed by atoms with van der Waals surface area (Å²) >= 11 is 1.26. The fraction of sp³-hybridized carbons (Fsp3) is 0.292. The number of hydrogen-bond donors (Lipinski definition) is 1. The van der Waals surface area contributed by atoms with Crippen LogP contribution in [0.3, 0.4) is 0 Å². The number of thiazole rings is 1. The van der Waals surface area contributed by atoms with E-state index >= 15 is 0 Å². The van der Waals surface area contributed by atoms with Crippen molar-refractivity contribution in [3.63, 3.8) is 0 Å². The van der Waals surface area contributed by atoms with Crippen LogP contribution in [0.5, 0.6) is 0 Å². The standard InChI is InChI=1S/C24H23F2N3O4S/c1-5-32-22(30)16-12(3)27-13(4)17(23(31)33-6-2)19(16)21-20(28-24-29(21)10-11-34-24)18-14(25)8-7-9-15(18)26/h7-11,19,27H,5-6H2,1-4H3. The van der Waals surface area contributed by atoms with Crippen LogP contribution in [-0.2, 0) is 19.1 Å². The van der Waals surface area contributed by atoms with E-state index in [2.05, 4.69) is 10.3 Å². The first-order valence-electron chi connectivity index (χ1n) is 10.7. The van der Waals surface area contributed by atoms with E-state index in [0.29, 0.717) is 16.4 Å². The Morgan fingerprint density at radius 3 is 2.15 bits per heavy atom. The van der Waals surface area contributed by atoms with Crippen LogP contribution in [0.4, 0.5) is 8.78 Å². The van der Waals surface area contributed by atoms with Gasteiger partial charge in [-0.05, 0) is 39.8 Å². The molecule has 34 heavy (non-hydrogen) atoms. The van der Waals surface area contributed by atoms with Gasteiger partial charge in [-0.15, -0.1) is 11.3 Å². The maximum absolute atomic E-state index is 14.9. The highest BCUT2D eigenvalue weighted by Crippen LogP contribution is 2.44. The molecule has 3 heterocycles. The van der Waals surface area contributed by atoms with Gasteiger partial charge in [0.25, 0.3) is 0 Å². The summed E-state index contributed by atoms with van der Waals surface area (Å²) in [5, 5.41) is 4.82. The van der Waals surface area contributed by atoms with Crippen LogP contribution in [0.1, 0.15) is 39.3 Å². The third-order valence-electron chi connectivity index (χ3n) is 5.52. The lowest BCUT2D eigenvalue weighted by atomic mass is 9.81. The summed E-state index contributed by atoms with van der Waals surface area (Å²) in [4.78, 5) is 31.2. The average molecular weight is 488 g/mol. The zero-order valence-electron chi connectivity index (χ0n) is 19.1. The number of fused-ring (bicyclic) bond motifs is 1. The number of halogens is 2. The lowest BCUT2D eigenvalue weighted by Gasteiger charge is -2.30. The van der Waals surface area contributed by atoms with Gasteiger partial charge in [-0.25, -0.2) is 23.4 Å². The van der Waals surface area contributed by atoms with Gasteiger partial charge in [0.15, 0.2) is 4.96 Å². The molecule has 1 aliphatic rings. The number of nitrogens with one attached hydrogen (secondary N) is 1. The van der Waals surface area contributed by atoms with E-state index in [1.54, 1.807) is 43.7 Å². The van der Waals surface area contributed by atoms with E-state index in [-0.39, 0.29) is 41.3 Å². The van der Waals surface area contributed by atoms with E-state index in [9.17, 15) is 18.4 Å². The second-order valence-electron chi connectivity index (χ2n) is 7.57. The number of ether oxygens (including phenoxy) is 2. The molecule has 0 radical (unpaired) electrons. The molecule has 0 spiro atoms. The Kier molecular flexibility index (Phi) is 6.52. The molecule has 178 valence electrons. The van der Waals surface area contributed by atoms with Gasteiger partial charge in [-0.1, -0.05) is 6.07 Å². The van der Waals surface area contributed by atoms with Crippen molar-refractivity contribution in [3.05, 3.63) is 69.6 Å². The van der Waals surface area contributed by atoms with Crippen molar-refractivity contribution in [1.82, 2.24) is 14.7 Å². The normalized spacial score (nSPS) is 14.5. The molecule has 2 aromatic heterocycles. The van der Waals surface area contributed by atoms with Gasteiger partial charge in [0, 0.05) is 23.0 Å². The Hall–Kier alpha value is -3.53. The number of rotatable bonds is 6. The highest BCUT2D eigenvalue weighted by molar-refractivity contribution is 7.15. The number of esters is 2. The minimum atomic E-state index is -1.04. The Morgan fingerprint density at radius 2 is 1.62 bits per heavy atom. The fourth-order valence-corrected chi connectivity index (χ4v) is 4.93. The number of imidazole rings is 1. The van der Waals surface area contributed by atoms with Gasteiger partial charge in [-0.3, -0.25) is 4.40 Å². The number of nitrogens with zero attached hydrogens (tertiary/aromatic N) is 2. The van der Waals surface area contributed by atoms with Crippen molar-refractivity contribution in [2.45, 2.75) is 33.6 Å². The van der Waals surface area contributed by atoms with Crippen molar-refractivity contribution in [1.29, 1.82) is 0 Å². The van der Waals surface area contributed by atoms with Gasteiger partial charge in [0.05, 0.1) is 41.5 Å². The van der Waals surface area contributed by atoms with Crippen molar-refractivity contribution in [2.75, 3.05) is 13.2 Å². The molecule has 10 heteroatoms. The van der Waals surface area contributed by atoms with Gasteiger partial charge < -0.3 is 14.8 Å². The third-order valence-corrected chi connectivity index (χ3v) is 6.28. The average Bonchev–Trinajstić information content (AvgIpc) is 3.34. The molecule has 7 nitrogen and oxygen atoms in total. The zero-order valence-corrected chi connectivity index (χ0v) is 19.9. The quantitative estimate of drug-likeness (QED) is 0.508. The van der Waals surface area contributed by atoms with Crippen molar-refractivity contribution in [3.8, 4) is 11.3 Å². The highest BCUT2D eigenvalue weighted by atomic mass is 32.1. The number of allylic oxidation sites excluding steroid dienone is 2. The summed E-state index contributed by atoms with van der Waals surface area (Å²) in [6.07, 6.45) is 1.68. The monoisotopic (exact) mass is 487 g/mol. The summed E-state index contributed by atoms with van der Waals surface area (Å²) in [7, 11) is 0. The fourth-order valence-electron chi connectivity index (χ4n) is 4.21. The minimum Gasteiger partial charge on any atom is -0.463 e. The second-order valence-corrected chi connectivity index (χ2v) is 8.45. The van der Waals surface area contributed by atoms with Crippen LogP contribution in [-0.4, -0.2) is 34.5 Å². The largest absolute Gasteiger partial charge is 0.463 e. The van der Waals surface area contributed by atoms with Crippen LogP contribution in [0.15, 0.2) is 52.3 Å². The Labute approximate surface area is 198 Å². The van der Waals surface area contributed by atoms with Gasteiger partial charge >= 0.3 is 11.9 Å². The molecule has 0 saturated heterocycles. The zero-order chi connectivity index (χ0) is 24.6. The van der Waals surface area contributed by atoms with Crippen molar-refractivity contribution >= 4 is 28.2 Å². The van der Waals surface area contributed by atoms with Crippen LogP contribution in [0.2, 0.25) is 0 Å². The molecular weight excluding hydrogens is 464 g/mol. The summed E-state index contributed by atoms with van der Waals surface area (Å²) in [5.41, 5.74) is 1.13. The number of hydrogen-bond acceptors (Lipinski definition) is 7. The Balaban J connectivity index is 2.08. The van der Waals surface area contributed by atoms with E-state index < -0.39 is 29.5 Å². The van der Waals surface area contributed by atoms with E-state index in [0.717, 1.165) is 12.1 Å². The molecule has 1 aliphatic heterocycles. The Morgan fingerprint density at radius 1 is 1.06 bits per heavy atom. The minimum absolute atomic E-state index is 0.00135. The van der Waals surface area contributed by atoms with Crippen LogP contribution >= 0.6 is 11.3 Å². The first-order chi connectivity index (χ1) is 16.3. The van der Waals surface area contributed by atoms with Gasteiger partial charge in [0.2, 0.25) is 0 Å². The summed E-state index contributed by atoms with van der Waals surface area (Å²) < 4.78 is 42.1. The van der Waals surface area contributed by atoms with E-state index in [1.807, 2.05) is 0 Å². The number of aromatic nitrogens is 2. The van der Waals surface area contributed by atoms with Gasteiger partial charge in [-0.2, -0.15) is 0 Å². The number of carbonyl (C=O) groups excluding carboxylic acids is 2. The number of benzene rings is 1. The molecule has 0 atom stereocenters. The predicted molar refractivity (Wildman–Crippen MR) is 123 cm³/mol. The smallest absolute Gasteiger partial charge is 0.336 e. The summed E-state index contributed by atoms with van der Waals surface area (Å²) in [5.74, 6) is -3.97. The molecule has 0 bridgehead atoms.